The zero-order valence-corrected chi connectivity index (χ0v) is 9.89. The normalized spacial score (nSPS) is 10.7. The summed E-state index contributed by atoms with van der Waals surface area (Å²) in [6.07, 6.45) is 9.94. The van der Waals surface area contributed by atoms with Crippen molar-refractivity contribution in [1.29, 1.82) is 0 Å². The molecular formula is C12H26O2. The van der Waals surface area contributed by atoms with Gasteiger partial charge in [-0.3, -0.25) is 0 Å². The highest BCUT2D eigenvalue weighted by atomic mass is 17.2. The van der Waals surface area contributed by atoms with Crippen LogP contribution in [-0.4, -0.2) is 13.2 Å². The van der Waals surface area contributed by atoms with Crippen molar-refractivity contribution in [3.8, 4) is 0 Å². The van der Waals surface area contributed by atoms with Crippen LogP contribution < -0.4 is 0 Å². The fourth-order valence-electron chi connectivity index (χ4n) is 1.29. The molecule has 0 aromatic carbocycles. The van der Waals surface area contributed by atoms with Gasteiger partial charge in [0.1, 0.15) is 0 Å². The molecule has 0 aliphatic rings. The van der Waals surface area contributed by atoms with E-state index in [-0.39, 0.29) is 0 Å². The average Bonchev–Trinajstić information content (AvgIpc) is 2.21. The Bertz CT molecular complexity index is 82.3. The zero-order valence-electron chi connectivity index (χ0n) is 9.89. The van der Waals surface area contributed by atoms with Crippen molar-refractivity contribution in [2.75, 3.05) is 13.2 Å². The Morgan fingerprint density at radius 2 is 1.00 bits per heavy atom. The van der Waals surface area contributed by atoms with E-state index in [0.29, 0.717) is 0 Å². The molecule has 0 unspecified atom stereocenters. The summed E-state index contributed by atoms with van der Waals surface area (Å²) in [5.41, 5.74) is 0. The third-order valence-electron chi connectivity index (χ3n) is 2.25. The van der Waals surface area contributed by atoms with Crippen molar-refractivity contribution < 1.29 is 9.78 Å². The molecule has 0 aromatic heterocycles. The summed E-state index contributed by atoms with van der Waals surface area (Å²) in [5.74, 6) is 0. The van der Waals surface area contributed by atoms with Crippen LogP contribution in [0.25, 0.3) is 0 Å². The third kappa shape index (κ3) is 11.9. The summed E-state index contributed by atoms with van der Waals surface area (Å²) >= 11 is 0. The van der Waals surface area contributed by atoms with E-state index in [2.05, 4.69) is 13.8 Å². The summed E-state index contributed by atoms with van der Waals surface area (Å²) in [6.45, 7) is 5.94. The van der Waals surface area contributed by atoms with E-state index in [1.807, 2.05) is 0 Å². The van der Waals surface area contributed by atoms with Crippen LogP contribution >= 0.6 is 0 Å². The lowest BCUT2D eigenvalue weighted by Gasteiger charge is -2.03. The van der Waals surface area contributed by atoms with Gasteiger partial charge in [0, 0.05) is 0 Å². The molecule has 0 radical (unpaired) electrons. The van der Waals surface area contributed by atoms with Crippen molar-refractivity contribution >= 4 is 0 Å². The van der Waals surface area contributed by atoms with Gasteiger partial charge in [-0.25, -0.2) is 9.78 Å². The molecule has 0 amide bonds. The summed E-state index contributed by atoms with van der Waals surface area (Å²) in [6, 6.07) is 0. The maximum atomic E-state index is 5.06. The van der Waals surface area contributed by atoms with Crippen molar-refractivity contribution in [3.05, 3.63) is 0 Å². The molecule has 14 heavy (non-hydrogen) atoms. The van der Waals surface area contributed by atoms with Gasteiger partial charge in [-0.1, -0.05) is 52.4 Å². The average molecular weight is 202 g/mol. The van der Waals surface area contributed by atoms with Crippen molar-refractivity contribution in [2.45, 2.75) is 65.2 Å². The van der Waals surface area contributed by atoms with Gasteiger partial charge in [-0.2, -0.15) is 0 Å². The summed E-state index contributed by atoms with van der Waals surface area (Å²) in [7, 11) is 0. The first-order valence-electron chi connectivity index (χ1n) is 6.16. The van der Waals surface area contributed by atoms with Gasteiger partial charge in [0.05, 0.1) is 13.2 Å². The highest BCUT2D eigenvalue weighted by Gasteiger charge is 1.91. The molecule has 2 nitrogen and oxygen atoms in total. The van der Waals surface area contributed by atoms with Crippen LogP contribution in [0.15, 0.2) is 0 Å². The quantitative estimate of drug-likeness (QED) is 0.285. The molecule has 0 rings (SSSR count). The van der Waals surface area contributed by atoms with Crippen molar-refractivity contribution in [1.82, 2.24) is 0 Å². The zero-order chi connectivity index (χ0) is 10.5. The Morgan fingerprint density at radius 3 is 1.36 bits per heavy atom. The Hall–Kier alpha value is -0.0800. The molecule has 0 aromatic rings. The Kier molecular flexibility index (Phi) is 12.8. The smallest absolute Gasteiger partial charge is 0.0822 e. The second-order valence-electron chi connectivity index (χ2n) is 3.77. The van der Waals surface area contributed by atoms with Crippen LogP contribution in [0.3, 0.4) is 0 Å². The van der Waals surface area contributed by atoms with Crippen LogP contribution in [-0.2, 0) is 9.78 Å². The van der Waals surface area contributed by atoms with Crippen LogP contribution in [0, 0.1) is 0 Å². The van der Waals surface area contributed by atoms with Crippen LogP contribution in [0.5, 0.6) is 0 Å². The lowest BCUT2D eigenvalue weighted by atomic mass is 10.2. The molecule has 0 heterocycles. The Labute approximate surface area is 88.9 Å². The Balaban J connectivity index is 2.78. The van der Waals surface area contributed by atoms with E-state index in [1.54, 1.807) is 0 Å². The molecule has 0 atom stereocenters. The van der Waals surface area contributed by atoms with Gasteiger partial charge in [0.25, 0.3) is 0 Å². The third-order valence-corrected chi connectivity index (χ3v) is 2.25. The van der Waals surface area contributed by atoms with E-state index in [1.165, 1.54) is 38.5 Å². The number of unbranched alkanes of at least 4 members (excludes halogenated alkanes) is 6. The number of rotatable bonds is 11. The molecule has 0 fully saturated rings. The molecule has 0 bridgehead atoms. The van der Waals surface area contributed by atoms with E-state index < -0.39 is 0 Å². The van der Waals surface area contributed by atoms with Crippen LogP contribution in [0.1, 0.15) is 65.2 Å². The molecule has 2 heteroatoms. The molecule has 86 valence electrons. The standard InChI is InChI=1S/C12H26O2/c1-3-5-7-9-11-13-14-12-10-8-6-4-2/h3-12H2,1-2H3. The second-order valence-corrected chi connectivity index (χ2v) is 3.77. The van der Waals surface area contributed by atoms with Gasteiger partial charge >= 0.3 is 0 Å². The second kappa shape index (κ2) is 12.9. The van der Waals surface area contributed by atoms with Gasteiger partial charge in [0.15, 0.2) is 0 Å². The minimum atomic E-state index is 0.758. The first kappa shape index (κ1) is 13.9. The maximum absolute atomic E-state index is 5.06. The van der Waals surface area contributed by atoms with E-state index >= 15 is 0 Å². The van der Waals surface area contributed by atoms with E-state index in [4.69, 9.17) is 9.78 Å². The van der Waals surface area contributed by atoms with Crippen molar-refractivity contribution in [2.24, 2.45) is 0 Å². The molecular weight excluding hydrogens is 176 g/mol. The topological polar surface area (TPSA) is 18.5 Å². The fraction of sp³-hybridized carbons (Fsp3) is 1.00. The van der Waals surface area contributed by atoms with E-state index in [0.717, 1.165) is 26.1 Å². The lowest BCUT2D eigenvalue weighted by Crippen LogP contribution is -1.98. The number of hydrogen-bond donors (Lipinski definition) is 0. The summed E-state index contributed by atoms with van der Waals surface area (Å²) in [4.78, 5) is 10.1. The summed E-state index contributed by atoms with van der Waals surface area (Å²) < 4.78 is 0. The minimum Gasteiger partial charge on any atom is -0.237 e. The molecule has 0 aliphatic carbocycles. The predicted molar refractivity (Wildman–Crippen MR) is 60.2 cm³/mol. The summed E-state index contributed by atoms with van der Waals surface area (Å²) in [5, 5.41) is 0. The largest absolute Gasteiger partial charge is 0.237 e. The number of hydrogen-bond acceptors (Lipinski definition) is 2. The predicted octanol–water partition coefficient (Wildman–Crippen LogP) is 4.10. The first-order chi connectivity index (χ1) is 6.91. The molecule has 0 aliphatic heterocycles. The molecule has 0 saturated heterocycles. The van der Waals surface area contributed by atoms with Crippen LogP contribution in [0.4, 0.5) is 0 Å². The van der Waals surface area contributed by atoms with Gasteiger partial charge in [-0.05, 0) is 12.8 Å². The monoisotopic (exact) mass is 202 g/mol. The molecule has 0 N–H and O–H groups in total. The maximum Gasteiger partial charge on any atom is 0.0822 e. The van der Waals surface area contributed by atoms with Gasteiger partial charge in [-0.15, -0.1) is 0 Å². The van der Waals surface area contributed by atoms with Crippen LogP contribution in [0.2, 0.25) is 0 Å². The highest BCUT2D eigenvalue weighted by Crippen LogP contribution is 2.01. The lowest BCUT2D eigenvalue weighted by molar-refractivity contribution is -0.295. The Morgan fingerprint density at radius 1 is 0.571 bits per heavy atom. The molecule has 0 spiro atoms. The fourth-order valence-corrected chi connectivity index (χ4v) is 1.29. The van der Waals surface area contributed by atoms with Gasteiger partial charge < -0.3 is 0 Å². The molecule has 0 saturated carbocycles. The van der Waals surface area contributed by atoms with Crippen molar-refractivity contribution in [3.63, 3.8) is 0 Å². The minimum absolute atomic E-state index is 0.758. The first-order valence-corrected chi connectivity index (χ1v) is 6.16. The SMILES string of the molecule is CCCCCCOOCCCCCC. The van der Waals surface area contributed by atoms with E-state index in [9.17, 15) is 0 Å². The highest BCUT2D eigenvalue weighted by molar-refractivity contribution is 4.38. The van der Waals surface area contributed by atoms with Gasteiger partial charge in [0.2, 0.25) is 0 Å².